The molecule has 2 aliphatic rings. The molecule has 1 aromatic carbocycles. The Balaban J connectivity index is 1.54. The van der Waals surface area contributed by atoms with E-state index in [1.807, 2.05) is 17.2 Å². The number of methoxy groups -OCH3 is 1. The number of nitrogens with one attached hydrogen (secondary N) is 1. The lowest BCUT2D eigenvalue weighted by Gasteiger charge is -2.43. The molecule has 0 spiro atoms. The summed E-state index contributed by atoms with van der Waals surface area (Å²) in [5.74, 6) is 1.19. The topological polar surface area (TPSA) is 80.6 Å². The van der Waals surface area contributed by atoms with Crippen molar-refractivity contribution < 1.29 is 14.3 Å². The number of fused-ring (bicyclic) bond motifs is 4. The fraction of sp³-hybridized carbons (Fsp3) is 0.409. The summed E-state index contributed by atoms with van der Waals surface area (Å²) in [4.78, 5) is 39.7. The van der Waals surface area contributed by atoms with Gasteiger partial charge in [0.2, 0.25) is 5.91 Å². The number of nitrogens with zero attached hydrogens (tertiary/aromatic N) is 2. The largest absolute Gasteiger partial charge is 0.497 e. The molecule has 2 atom stereocenters. The minimum absolute atomic E-state index is 0.00380. The number of likely N-dealkylation sites (tertiary alicyclic amines) is 1. The van der Waals surface area contributed by atoms with E-state index >= 15 is 0 Å². The summed E-state index contributed by atoms with van der Waals surface area (Å²) in [5.41, 5.74) is 1.74. The van der Waals surface area contributed by atoms with Gasteiger partial charge in [0.15, 0.2) is 0 Å². The highest BCUT2D eigenvalue weighted by molar-refractivity contribution is 7.99. The summed E-state index contributed by atoms with van der Waals surface area (Å²) in [6, 6.07) is 10.8. The predicted molar refractivity (Wildman–Crippen MR) is 117 cm³/mol. The first-order valence-corrected chi connectivity index (χ1v) is 11.4. The third-order valence-electron chi connectivity index (χ3n) is 5.78. The number of benzene rings is 1. The van der Waals surface area contributed by atoms with Crippen LogP contribution in [-0.2, 0) is 11.3 Å². The van der Waals surface area contributed by atoms with E-state index in [0.717, 1.165) is 17.9 Å². The van der Waals surface area contributed by atoms with Crippen LogP contribution in [0.5, 0.6) is 5.75 Å². The number of hydrogen-bond acceptors (Lipinski definition) is 5. The Hall–Kier alpha value is -2.74. The number of anilines is 1. The number of thioether (sulfide) groups is 1. The number of aromatic nitrogens is 1. The molecule has 2 aliphatic heterocycles. The smallest absolute Gasteiger partial charge is 0.274 e. The Bertz CT molecular complexity index is 1020. The molecule has 158 valence electrons. The van der Waals surface area contributed by atoms with Crippen LogP contribution in [0, 0.1) is 5.92 Å². The number of carbonyl (C=O) groups excluding carboxylic acids is 2. The molecule has 30 heavy (non-hydrogen) atoms. The number of hydrogen-bond donors (Lipinski definition) is 1. The number of pyridine rings is 1. The molecule has 2 bridgehead atoms. The van der Waals surface area contributed by atoms with Gasteiger partial charge in [-0.1, -0.05) is 0 Å². The van der Waals surface area contributed by atoms with Crippen molar-refractivity contribution >= 4 is 29.3 Å². The van der Waals surface area contributed by atoms with Crippen LogP contribution >= 0.6 is 11.8 Å². The molecule has 8 heteroatoms. The van der Waals surface area contributed by atoms with E-state index in [2.05, 4.69) is 5.32 Å². The van der Waals surface area contributed by atoms with Crippen molar-refractivity contribution in [3.63, 3.8) is 0 Å². The normalized spacial score (nSPS) is 19.7. The zero-order valence-corrected chi connectivity index (χ0v) is 17.9. The molecule has 1 aromatic heterocycles. The van der Waals surface area contributed by atoms with Crippen molar-refractivity contribution in [2.75, 3.05) is 37.5 Å². The van der Waals surface area contributed by atoms with Gasteiger partial charge in [-0.25, -0.2) is 0 Å². The Morgan fingerprint density at radius 2 is 1.90 bits per heavy atom. The maximum absolute atomic E-state index is 13.0. The van der Waals surface area contributed by atoms with Crippen molar-refractivity contribution in [2.24, 2.45) is 5.92 Å². The predicted octanol–water partition coefficient (Wildman–Crippen LogP) is 2.42. The van der Waals surface area contributed by atoms with Gasteiger partial charge in [-0.15, -0.1) is 0 Å². The van der Waals surface area contributed by atoms with E-state index in [4.69, 9.17) is 4.74 Å². The minimum atomic E-state index is -0.174. The van der Waals surface area contributed by atoms with Crippen LogP contribution in [0.4, 0.5) is 5.69 Å². The highest BCUT2D eigenvalue weighted by Crippen LogP contribution is 2.36. The van der Waals surface area contributed by atoms with Gasteiger partial charge >= 0.3 is 0 Å². The van der Waals surface area contributed by atoms with Crippen LogP contribution in [0.25, 0.3) is 0 Å². The molecular formula is C22H25N3O4S. The summed E-state index contributed by atoms with van der Waals surface area (Å²) in [7, 11) is 1.60. The molecule has 2 aromatic rings. The van der Waals surface area contributed by atoms with Gasteiger partial charge in [-0.2, -0.15) is 11.8 Å². The number of ether oxygens (including phenoxy) is 1. The van der Waals surface area contributed by atoms with Crippen molar-refractivity contribution in [2.45, 2.75) is 18.9 Å². The van der Waals surface area contributed by atoms with E-state index in [0.29, 0.717) is 36.6 Å². The first kappa shape index (κ1) is 20.5. The van der Waals surface area contributed by atoms with Gasteiger partial charge < -0.3 is 19.5 Å². The maximum Gasteiger partial charge on any atom is 0.274 e. The lowest BCUT2D eigenvalue weighted by molar-refractivity contribution is -0.113. The Morgan fingerprint density at radius 3 is 2.60 bits per heavy atom. The quantitative estimate of drug-likeness (QED) is 0.793. The number of piperidine rings is 1. The molecule has 2 unspecified atom stereocenters. The van der Waals surface area contributed by atoms with Gasteiger partial charge in [0, 0.05) is 36.8 Å². The van der Waals surface area contributed by atoms with Crippen LogP contribution in [0.3, 0.4) is 0 Å². The molecular weight excluding hydrogens is 402 g/mol. The van der Waals surface area contributed by atoms with Gasteiger partial charge in [0.05, 0.1) is 12.9 Å². The van der Waals surface area contributed by atoms with Gasteiger partial charge in [0.1, 0.15) is 11.4 Å². The van der Waals surface area contributed by atoms with Crippen molar-refractivity contribution in [3.05, 3.63) is 58.0 Å². The van der Waals surface area contributed by atoms with Crippen LogP contribution in [-0.4, -0.2) is 53.5 Å². The van der Waals surface area contributed by atoms with E-state index < -0.39 is 0 Å². The van der Waals surface area contributed by atoms with Crippen LogP contribution in [0.15, 0.2) is 41.2 Å². The second kappa shape index (κ2) is 8.55. The van der Waals surface area contributed by atoms with E-state index in [1.54, 1.807) is 42.0 Å². The molecule has 3 heterocycles. The number of amides is 2. The molecule has 7 nitrogen and oxygen atoms in total. The minimum Gasteiger partial charge on any atom is -0.497 e. The molecule has 1 fully saturated rings. The second-order valence-corrected chi connectivity index (χ2v) is 8.67. The van der Waals surface area contributed by atoms with Crippen LogP contribution in [0.2, 0.25) is 0 Å². The molecule has 4 rings (SSSR count). The van der Waals surface area contributed by atoms with E-state index in [9.17, 15) is 14.4 Å². The van der Waals surface area contributed by atoms with Gasteiger partial charge in [0.25, 0.3) is 11.5 Å². The van der Waals surface area contributed by atoms with Crippen molar-refractivity contribution in [1.82, 2.24) is 9.47 Å². The maximum atomic E-state index is 13.0. The van der Waals surface area contributed by atoms with Crippen LogP contribution < -0.4 is 15.6 Å². The standard InChI is InChI=1S/C22H25N3O4S/c1-29-17-5-3-15(4-6-17)21(27)24-10-14-9-16(12-24)19-8-7-18(22(28)25(19)11-14)23-20(26)13-30-2/h3-8,14,16H,9-13H2,1-2H3,(H,23,26). The lowest BCUT2D eigenvalue weighted by Crippen LogP contribution is -2.49. The summed E-state index contributed by atoms with van der Waals surface area (Å²) in [6.07, 6.45) is 2.81. The zero-order valence-electron chi connectivity index (χ0n) is 17.1. The van der Waals surface area contributed by atoms with E-state index in [-0.39, 0.29) is 29.2 Å². The highest BCUT2D eigenvalue weighted by atomic mass is 32.2. The average molecular weight is 428 g/mol. The average Bonchev–Trinajstić information content (AvgIpc) is 2.75. The highest BCUT2D eigenvalue weighted by Gasteiger charge is 2.37. The second-order valence-electron chi connectivity index (χ2n) is 7.81. The lowest BCUT2D eigenvalue weighted by atomic mass is 9.83. The van der Waals surface area contributed by atoms with Crippen molar-refractivity contribution in [1.29, 1.82) is 0 Å². The fourth-order valence-electron chi connectivity index (χ4n) is 4.44. The van der Waals surface area contributed by atoms with Crippen LogP contribution in [0.1, 0.15) is 28.4 Å². The first-order valence-electron chi connectivity index (χ1n) is 9.96. The first-order chi connectivity index (χ1) is 14.5. The Labute approximate surface area is 179 Å². The van der Waals surface area contributed by atoms with E-state index in [1.165, 1.54) is 11.8 Å². The Kier molecular flexibility index (Phi) is 5.85. The summed E-state index contributed by atoms with van der Waals surface area (Å²) in [6.45, 7) is 1.76. The fourth-order valence-corrected chi connectivity index (χ4v) is 4.77. The third kappa shape index (κ3) is 3.96. The number of rotatable bonds is 5. The van der Waals surface area contributed by atoms with Gasteiger partial charge in [-0.3, -0.25) is 14.4 Å². The number of carbonyl (C=O) groups is 2. The summed E-state index contributed by atoms with van der Waals surface area (Å²) < 4.78 is 6.95. The summed E-state index contributed by atoms with van der Waals surface area (Å²) in [5, 5.41) is 2.72. The Morgan fingerprint density at radius 1 is 1.13 bits per heavy atom. The molecule has 0 aliphatic carbocycles. The zero-order chi connectivity index (χ0) is 21.3. The molecule has 2 amide bonds. The SMILES string of the molecule is COc1ccc(C(=O)N2CC3CC(C2)c2ccc(NC(=O)CSC)c(=O)n2C3)cc1. The summed E-state index contributed by atoms with van der Waals surface area (Å²) >= 11 is 1.41. The molecule has 0 radical (unpaired) electrons. The molecule has 1 saturated heterocycles. The molecule has 0 saturated carbocycles. The third-order valence-corrected chi connectivity index (χ3v) is 6.33. The van der Waals surface area contributed by atoms with Crippen molar-refractivity contribution in [3.8, 4) is 5.75 Å². The molecule has 1 N–H and O–H groups in total. The van der Waals surface area contributed by atoms with Gasteiger partial charge in [-0.05, 0) is 55.0 Å². The monoisotopic (exact) mass is 427 g/mol.